The first-order valence-corrected chi connectivity index (χ1v) is 6.99. The number of hydrogen-bond donors (Lipinski definition) is 0. The van der Waals surface area contributed by atoms with E-state index in [0.717, 1.165) is 22.5 Å². The Kier molecular flexibility index (Phi) is 3.30. The first kappa shape index (κ1) is 14.7. The maximum absolute atomic E-state index is 13.0. The summed E-state index contributed by atoms with van der Waals surface area (Å²) in [6, 6.07) is 3.26. The summed E-state index contributed by atoms with van der Waals surface area (Å²) >= 11 is 0. The Balaban J connectivity index is 2.39. The van der Waals surface area contributed by atoms with Gasteiger partial charge in [-0.1, -0.05) is 6.92 Å². The van der Waals surface area contributed by atoms with Gasteiger partial charge in [0.25, 0.3) is 0 Å². The lowest BCUT2D eigenvalue weighted by Crippen LogP contribution is -2.29. The Morgan fingerprint density at radius 2 is 2.09 bits per heavy atom. The van der Waals surface area contributed by atoms with Gasteiger partial charge < -0.3 is 0 Å². The molecule has 1 aliphatic rings. The lowest BCUT2D eigenvalue weighted by atomic mass is 9.91. The van der Waals surface area contributed by atoms with Crippen molar-refractivity contribution in [1.29, 1.82) is 0 Å². The SMILES string of the molecule is CCC1CC(C)=Nn2c1c1cc(C(F)(F)F)ccc1nc2=O. The highest BCUT2D eigenvalue weighted by atomic mass is 19.4. The van der Waals surface area contributed by atoms with Gasteiger partial charge in [-0.2, -0.15) is 27.9 Å². The summed E-state index contributed by atoms with van der Waals surface area (Å²) in [5.41, 5.74) is 0.269. The van der Waals surface area contributed by atoms with E-state index in [9.17, 15) is 18.0 Å². The van der Waals surface area contributed by atoms with Crippen molar-refractivity contribution in [2.45, 2.75) is 38.8 Å². The van der Waals surface area contributed by atoms with Crippen LogP contribution >= 0.6 is 0 Å². The highest BCUT2D eigenvalue weighted by Crippen LogP contribution is 2.35. The number of benzene rings is 1. The van der Waals surface area contributed by atoms with Gasteiger partial charge in [0, 0.05) is 17.0 Å². The molecule has 2 aromatic rings. The topological polar surface area (TPSA) is 47.2 Å². The Morgan fingerprint density at radius 1 is 1.36 bits per heavy atom. The molecule has 7 heteroatoms. The zero-order valence-electron chi connectivity index (χ0n) is 12.1. The van der Waals surface area contributed by atoms with Crippen LogP contribution in [0.25, 0.3) is 10.9 Å². The third-order valence-corrected chi connectivity index (χ3v) is 3.92. The van der Waals surface area contributed by atoms with Gasteiger partial charge in [-0.05, 0) is 38.0 Å². The van der Waals surface area contributed by atoms with Gasteiger partial charge in [-0.3, -0.25) is 0 Å². The monoisotopic (exact) mass is 309 g/mol. The second-order valence-corrected chi connectivity index (χ2v) is 5.47. The summed E-state index contributed by atoms with van der Waals surface area (Å²) in [5.74, 6) is -0.0424. The van der Waals surface area contributed by atoms with E-state index in [2.05, 4.69) is 10.1 Å². The maximum atomic E-state index is 13.0. The minimum Gasteiger partial charge on any atom is -0.244 e. The summed E-state index contributed by atoms with van der Waals surface area (Å²) in [6.45, 7) is 3.74. The van der Waals surface area contributed by atoms with E-state index in [-0.39, 0.29) is 11.4 Å². The number of nitrogens with zero attached hydrogens (tertiary/aromatic N) is 3. The number of halogens is 3. The molecule has 1 aromatic carbocycles. The third kappa shape index (κ3) is 2.30. The van der Waals surface area contributed by atoms with Crippen LogP contribution in [0.5, 0.6) is 0 Å². The molecule has 1 aliphatic heterocycles. The van der Waals surface area contributed by atoms with E-state index in [1.54, 1.807) is 6.92 Å². The van der Waals surface area contributed by atoms with E-state index >= 15 is 0 Å². The van der Waals surface area contributed by atoms with Crippen molar-refractivity contribution in [3.63, 3.8) is 0 Å². The van der Waals surface area contributed by atoms with Gasteiger partial charge in [-0.25, -0.2) is 4.79 Å². The van der Waals surface area contributed by atoms with Crippen molar-refractivity contribution < 1.29 is 13.2 Å². The number of rotatable bonds is 1. The first-order chi connectivity index (χ1) is 10.3. The standard InChI is InChI=1S/C15H14F3N3O/c1-3-9-6-8(2)20-21-13(9)11-7-10(15(16,17)18)4-5-12(11)19-14(21)22/h4-5,7,9H,3,6H2,1-2H3. The summed E-state index contributed by atoms with van der Waals surface area (Å²) in [5, 5.41) is 4.51. The Bertz CT molecular complexity index is 836. The van der Waals surface area contributed by atoms with Crippen LogP contribution in [0.4, 0.5) is 13.2 Å². The largest absolute Gasteiger partial charge is 0.416 e. The molecule has 0 saturated carbocycles. The lowest BCUT2D eigenvalue weighted by Gasteiger charge is -2.24. The fraction of sp³-hybridized carbons (Fsp3) is 0.400. The fourth-order valence-electron chi connectivity index (χ4n) is 2.87. The smallest absolute Gasteiger partial charge is 0.244 e. The minimum atomic E-state index is -4.43. The predicted octanol–water partition coefficient (Wildman–Crippen LogP) is 3.54. The molecule has 3 rings (SSSR count). The molecule has 0 aliphatic carbocycles. The molecule has 0 amide bonds. The summed E-state index contributed by atoms with van der Waals surface area (Å²) in [4.78, 5) is 15.9. The number of fused-ring (bicyclic) bond motifs is 3. The molecule has 0 N–H and O–H groups in total. The van der Waals surface area contributed by atoms with Crippen molar-refractivity contribution in [3.8, 4) is 0 Å². The highest BCUT2D eigenvalue weighted by molar-refractivity contribution is 5.87. The van der Waals surface area contributed by atoms with Crippen LogP contribution in [0.1, 0.15) is 43.9 Å². The lowest BCUT2D eigenvalue weighted by molar-refractivity contribution is -0.137. The molecule has 4 nitrogen and oxygen atoms in total. The van der Waals surface area contributed by atoms with Crippen LogP contribution in [0.2, 0.25) is 0 Å². The molecule has 0 saturated heterocycles. The van der Waals surface area contributed by atoms with E-state index in [1.165, 1.54) is 6.07 Å². The number of hydrogen-bond acceptors (Lipinski definition) is 3. The summed E-state index contributed by atoms with van der Waals surface area (Å²) < 4.78 is 40.0. The second kappa shape index (κ2) is 4.93. The maximum Gasteiger partial charge on any atom is 0.416 e. The van der Waals surface area contributed by atoms with Crippen LogP contribution in [-0.2, 0) is 6.18 Å². The highest BCUT2D eigenvalue weighted by Gasteiger charge is 2.32. The van der Waals surface area contributed by atoms with Crippen molar-refractivity contribution in [1.82, 2.24) is 9.66 Å². The van der Waals surface area contributed by atoms with Crippen LogP contribution in [0.15, 0.2) is 28.1 Å². The summed E-state index contributed by atoms with van der Waals surface area (Å²) in [7, 11) is 0. The molecule has 0 bridgehead atoms. The van der Waals surface area contributed by atoms with Gasteiger partial charge in [0.15, 0.2) is 0 Å². The molecule has 2 heterocycles. The molecule has 22 heavy (non-hydrogen) atoms. The molecule has 1 unspecified atom stereocenters. The average molecular weight is 309 g/mol. The van der Waals surface area contributed by atoms with E-state index in [0.29, 0.717) is 23.9 Å². The van der Waals surface area contributed by atoms with Gasteiger partial charge in [-0.15, -0.1) is 0 Å². The molecule has 1 atom stereocenters. The molecule has 0 spiro atoms. The van der Waals surface area contributed by atoms with Gasteiger partial charge in [0.05, 0.1) is 16.8 Å². The van der Waals surface area contributed by atoms with Crippen LogP contribution < -0.4 is 5.69 Å². The molecular weight excluding hydrogens is 295 g/mol. The minimum absolute atomic E-state index is 0.0424. The fourth-order valence-corrected chi connectivity index (χ4v) is 2.87. The Hall–Kier alpha value is -2.18. The third-order valence-electron chi connectivity index (χ3n) is 3.92. The Morgan fingerprint density at radius 3 is 2.73 bits per heavy atom. The average Bonchev–Trinajstić information content (AvgIpc) is 2.45. The summed E-state index contributed by atoms with van der Waals surface area (Å²) in [6.07, 6.45) is -3.09. The zero-order chi connectivity index (χ0) is 16.1. The van der Waals surface area contributed by atoms with E-state index < -0.39 is 17.4 Å². The van der Waals surface area contributed by atoms with Crippen molar-refractivity contribution in [3.05, 3.63) is 39.9 Å². The van der Waals surface area contributed by atoms with Crippen molar-refractivity contribution in [2.75, 3.05) is 0 Å². The van der Waals surface area contributed by atoms with Crippen LogP contribution in [-0.4, -0.2) is 15.4 Å². The quantitative estimate of drug-likeness (QED) is 0.809. The molecule has 1 aromatic heterocycles. The van der Waals surface area contributed by atoms with Gasteiger partial charge >= 0.3 is 11.9 Å². The number of alkyl halides is 3. The van der Waals surface area contributed by atoms with Crippen molar-refractivity contribution in [2.24, 2.45) is 5.10 Å². The van der Waals surface area contributed by atoms with E-state index in [4.69, 9.17) is 0 Å². The first-order valence-electron chi connectivity index (χ1n) is 6.99. The molecule has 116 valence electrons. The normalized spacial score (nSPS) is 18.2. The Labute approximate surface area is 124 Å². The van der Waals surface area contributed by atoms with E-state index in [1.807, 2.05) is 6.92 Å². The van der Waals surface area contributed by atoms with Gasteiger partial charge in [0.1, 0.15) is 0 Å². The molecular formula is C15H14F3N3O. The van der Waals surface area contributed by atoms with Crippen LogP contribution in [0.3, 0.4) is 0 Å². The number of aromatic nitrogens is 2. The van der Waals surface area contributed by atoms with Crippen molar-refractivity contribution >= 4 is 16.6 Å². The van der Waals surface area contributed by atoms with Crippen LogP contribution in [0, 0.1) is 0 Å². The van der Waals surface area contributed by atoms with Gasteiger partial charge in [0.2, 0.25) is 0 Å². The second-order valence-electron chi connectivity index (χ2n) is 5.47. The molecule has 0 radical (unpaired) electrons. The molecule has 0 fully saturated rings. The zero-order valence-corrected chi connectivity index (χ0v) is 12.1. The predicted molar refractivity (Wildman–Crippen MR) is 77.2 cm³/mol.